The van der Waals surface area contributed by atoms with Crippen LogP contribution in [-0.2, 0) is 6.42 Å². The van der Waals surface area contributed by atoms with Crippen LogP contribution in [0.3, 0.4) is 0 Å². The van der Waals surface area contributed by atoms with Crippen molar-refractivity contribution >= 4 is 11.9 Å². The van der Waals surface area contributed by atoms with Crippen LogP contribution in [-0.4, -0.2) is 35.5 Å². The minimum absolute atomic E-state index is 0.143. The molecule has 0 aliphatic rings. The van der Waals surface area contributed by atoms with Gasteiger partial charge in [0.1, 0.15) is 5.69 Å². The number of hydrogen-bond acceptors (Lipinski definition) is 4. The van der Waals surface area contributed by atoms with Crippen molar-refractivity contribution in [1.29, 1.82) is 0 Å². The van der Waals surface area contributed by atoms with Crippen LogP contribution in [0.4, 0.5) is 5.95 Å². The third-order valence-corrected chi connectivity index (χ3v) is 3.89. The average Bonchev–Trinajstić information content (AvgIpc) is 2.62. The lowest BCUT2D eigenvalue weighted by Gasteiger charge is -2.22. The van der Waals surface area contributed by atoms with Crippen molar-refractivity contribution in [2.45, 2.75) is 40.0 Å². The van der Waals surface area contributed by atoms with Gasteiger partial charge in [-0.3, -0.25) is 4.79 Å². The predicted octanol–water partition coefficient (Wildman–Crippen LogP) is 3.38. The molecule has 0 unspecified atom stereocenters. The maximum Gasteiger partial charge on any atom is 0.270 e. The fraction of sp³-hybridized carbons (Fsp3) is 0.450. The van der Waals surface area contributed by atoms with Crippen molar-refractivity contribution < 1.29 is 4.79 Å². The van der Waals surface area contributed by atoms with E-state index < -0.39 is 0 Å². The Balaban J connectivity index is 2.03. The van der Waals surface area contributed by atoms with E-state index in [0.717, 1.165) is 38.0 Å². The smallest absolute Gasteiger partial charge is 0.270 e. The van der Waals surface area contributed by atoms with Gasteiger partial charge < -0.3 is 10.2 Å². The fourth-order valence-electron chi connectivity index (χ4n) is 2.72. The van der Waals surface area contributed by atoms with Crippen LogP contribution >= 0.6 is 0 Å². The highest BCUT2D eigenvalue weighted by Gasteiger charge is 2.14. The van der Waals surface area contributed by atoms with E-state index in [1.807, 2.05) is 25.1 Å². The lowest BCUT2D eigenvalue weighted by Crippen LogP contribution is -2.30. The van der Waals surface area contributed by atoms with Crippen LogP contribution in [0.25, 0.3) is 0 Å². The molecule has 1 heterocycles. The zero-order chi connectivity index (χ0) is 18.1. The molecule has 0 spiro atoms. The van der Waals surface area contributed by atoms with Gasteiger partial charge >= 0.3 is 0 Å². The van der Waals surface area contributed by atoms with Gasteiger partial charge in [-0.15, -0.1) is 0 Å². The van der Waals surface area contributed by atoms with Gasteiger partial charge in [0.2, 0.25) is 5.95 Å². The van der Waals surface area contributed by atoms with Crippen LogP contribution in [0, 0.1) is 6.92 Å². The zero-order valence-electron chi connectivity index (χ0n) is 15.5. The molecule has 1 aromatic carbocycles. The summed E-state index contributed by atoms with van der Waals surface area (Å²) in [6, 6.07) is 11.9. The second kappa shape index (κ2) is 9.77. The highest BCUT2D eigenvalue weighted by atomic mass is 16.1. The molecular formula is C20H28N4O. The van der Waals surface area contributed by atoms with Crippen LogP contribution < -0.4 is 10.2 Å². The van der Waals surface area contributed by atoms with Crippen molar-refractivity contribution in [3.63, 3.8) is 0 Å². The lowest BCUT2D eigenvalue weighted by molar-refractivity contribution is 0.0949. The summed E-state index contributed by atoms with van der Waals surface area (Å²) in [5.41, 5.74) is 2.46. The molecule has 1 amide bonds. The van der Waals surface area contributed by atoms with E-state index >= 15 is 0 Å². The standard InChI is InChI=1S/C20H28N4O/c1-4-13-24(14-5-2)20-22-16(3)15-18(23-20)19(25)21-12-11-17-9-7-6-8-10-17/h6-10,15H,4-5,11-14H2,1-3H3,(H,21,25). The number of carbonyl (C=O) groups excluding carboxylic acids is 1. The molecule has 5 heteroatoms. The largest absolute Gasteiger partial charge is 0.350 e. The summed E-state index contributed by atoms with van der Waals surface area (Å²) in [7, 11) is 0. The Labute approximate surface area is 150 Å². The molecule has 1 N–H and O–H groups in total. The van der Waals surface area contributed by atoms with Gasteiger partial charge in [-0.2, -0.15) is 0 Å². The summed E-state index contributed by atoms with van der Waals surface area (Å²) < 4.78 is 0. The SMILES string of the molecule is CCCN(CCC)c1nc(C)cc(C(=O)NCCc2ccccc2)n1. The normalized spacial score (nSPS) is 10.5. The highest BCUT2D eigenvalue weighted by Crippen LogP contribution is 2.12. The van der Waals surface area contributed by atoms with Crippen LogP contribution in [0.15, 0.2) is 36.4 Å². The Bertz CT molecular complexity index is 667. The number of hydrogen-bond donors (Lipinski definition) is 1. The highest BCUT2D eigenvalue weighted by molar-refractivity contribution is 5.92. The molecule has 134 valence electrons. The van der Waals surface area contributed by atoms with E-state index in [2.05, 4.69) is 46.2 Å². The number of amides is 1. The maximum atomic E-state index is 12.5. The van der Waals surface area contributed by atoms with Crippen molar-refractivity contribution in [2.24, 2.45) is 0 Å². The van der Waals surface area contributed by atoms with E-state index in [-0.39, 0.29) is 5.91 Å². The molecule has 2 aromatic rings. The van der Waals surface area contributed by atoms with E-state index in [9.17, 15) is 4.79 Å². The molecule has 1 aromatic heterocycles. The first kappa shape index (κ1) is 18.9. The topological polar surface area (TPSA) is 58.1 Å². The third kappa shape index (κ3) is 5.85. The molecule has 0 bridgehead atoms. The van der Waals surface area contributed by atoms with Gasteiger partial charge in [0.05, 0.1) is 0 Å². The number of benzene rings is 1. The van der Waals surface area contributed by atoms with Gasteiger partial charge in [-0.05, 0) is 37.8 Å². The number of aromatic nitrogens is 2. The molecule has 0 saturated heterocycles. The Kier molecular flexibility index (Phi) is 7.38. The number of anilines is 1. The summed E-state index contributed by atoms with van der Waals surface area (Å²) >= 11 is 0. The summed E-state index contributed by atoms with van der Waals surface area (Å²) in [6.07, 6.45) is 2.85. The first-order valence-electron chi connectivity index (χ1n) is 9.06. The molecule has 0 aliphatic carbocycles. The Hall–Kier alpha value is -2.43. The lowest BCUT2D eigenvalue weighted by atomic mass is 10.1. The summed E-state index contributed by atoms with van der Waals surface area (Å²) in [6.45, 7) is 8.56. The minimum atomic E-state index is -0.143. The molecule has 2 rings (SSSR count). The van der Waals surface area contributed by atoms with Crippen molar-refractivity contribution in [2.75, 3.05) is 24.5 Å². The second-order valence-corrected chi connectivity index (χ2v) is 6.17. The van der Waals surface area contributed by atoms with E-state index in [1.165, 1.54) is 5.56 Å². The molecule has 25 heavy (non-hydrogen) atoms. The average molecular weight is 340 g/mol. The molecule has 0 fully saturated rings. The first-order chi connectivity index (χ1) is 12.1. The third-order valence-electron chi connectivity index (χ3n) is 3.89. The number of nitrogens with one attached hydrogen (secondary N) is 1. The molecular weight excluding hydrogens is 312 g/mol. The predicted molar refractivity (Wildman–Crippen MR) is 102 cm³/mol. The van der Waals surface area contributed by atoms with Crippen molar-refractivity contribution in [1.82, 2.24) is 15.3 Å². The first-order valence-corrected chi connectivity index (χ1v) is 9.06. The summed E-state index contributed by atoms with van der Waals surface area (Å²) in [5.74, 6) is 0.507. The molecule has 0 radical (unpaired) electrons. The Morgan fingerprint density at radius 1 is 1.08 bits per heavy atom. The molecule has 5 nitrogen and oxygen atoms in total. The molecule has 0 atom stereocenters. The maximum absolute atomic E-state index is 12.5. The number of nitrogens with zero attached hydrogens (tertiary/aromatic N) is 3. The summed E-state index contributed by atoms with van der Waals surface area (Å²) in [4.78, 5) is 23.6. The van der Waals surface area contributed by atoms with Gasteiger partial charge in [0.15, 0.2) is 0 Å². The van der Waals surface area contributed by atoms with Gasteiger partial charge in [-0.25, -0.2) is 9.97 Å². The van der Waals surface area contributed by atoms with Crippen LogP contribution in [0.5, 0.6) is 0 Å². The van der Waals surface area contributed by atoms with E-state index in [4.69, 9.17) is 0 Å². The van der Waals surface area contributed by atoms with E-state index in [1.54, 1.807) is 6.07 Å². The minimum Gasteiger partial charge on any atom is -0.350 e. The van der Waals surface area contributed by atoms with Crippen LogP contribution in [0.1, 0.15) is 48.4 Å². The van der Waals surface area contributed by atoms with Gasteiger partial charge in [0, 0.05) is 25.3 Å². The summed E-state index contributed by atoms with van der Waals surface area (Å²) in [5, 5.41) is 2.96. The quantitative estimate of drug-likeness (QED) is 0.760. The van der Waals surface area contributed by atoms with Crippen molar-refractivity contribution in [3.8, 4) is 0 Å². The van der Waals surface area contributed by atoms with E-state index in [0.29, 0.717) is 18.2 Å². The number of aryl methyl sites for hydroxylation is 1. The second-order valence-electron chi connectivity index (χ2n) is 6.17. The molecule has 0 aliphatic heterocycles. The molecule has 0 saturated carbocycles. The Morgan fingerprint density at radius 3 is 2.40 bits per heavy atom. The number of carbonyl (C=O) groups is 1. The fourth-order valence-corrected chi connectivity index (χ4v) is 2.72. The van der Waals surface area contributed by atoms with Crippen molar-refractivity contribution in [3.05, 3.63) is 53.3 Å². The van der Waals surface area contributed by atoms with Gasteiger partial charge in [0.25, 0.3) is 5.91 Å². The van der Waals surface area contributed by atoms with Gasteiger partial charge in [-0.1, -0.05) is 44.2 Å². The zero-order valence-corrected chi connectivity index (χ0v) is 15.5. The number of rotatable bonds is 9. The monoisotopic (exact) mass is 340 g/mol. The Morgan fingerprint density at radius 2 is 1.76 bits per heavy atom. The van der Waals surface area contributed by atoms with Crippen LogP contribution in [0.2, 0.25) is 0 Å².